The third-order valence-corrected chi connectivity index (χ3v) is 5.13. The Morgan fingerprint density at radius 3 is 2.64 bits per heavy atom. The van der Waals surface area contributed by atoms with Gasteiger partial charge in [-0.25, -0.2) is 0 Å². The van der Waals surface area contributed by atoms with Crippen LogP contribution in [0.1, 0.15) is 43.4 Å². The molecule has 0 unspecified atom stereocenters. The Morgan fingerprint density at radius 2 is 1.92 bits per heavy atom. The lowest BCUT2D eigenvalue weighted by Gasteiger charge is -2.36. The number of nitrogens with zero attached hydrogens (tertiary/aromatic N) is 4. The Kier molecular flexibility index (Phi) is 4.99. The molecule has 1 aromatic carbocycles. The number of benzene rings is 1. The minimum Gasteiger partial charge on any atom is -0.492 e. The molecule has 0 amide bonds. The molecule has 0 spiro atoms. The Balaban J connectivity index is 1.21. The van der Waals surface area contributed by atoms with E-state index in [0.717, 1.165) is 56.8 Å². The van der Waals surface area contributed by atoms with Crippen LogP contribution in [0.15, 0.2) is 34.9 Å². The molecule has 1 aliphatic carbocycles. The molecule has 2 aromatic rings. The van der Waals surface area contributed by atoms with Crippen LogP contribution in [0.2, 0.25) is 0 Å². The van der Waals surface area contributed by atoms with Crippen LogP contribution in [0.5, 0.6) is 5.75 Å². The highest BCUT2D eigenvalue weighted by Crippen LogP contribution is 2.38. The van der Waals surface area contributed by atoms with E-state index in [4.69, 9.17) is 9.26 Å². The molecule has 1 saturated carbocycles. The molecule has 25 heavy (non-hydrogen) atoms. The quantitative estimate of drug-likeness (QED) is 0.771. The summed E-state index contributed by atoms with van der Waals surface area (Å²) in [5, 5.41) is 4.14. The van der Waals surface area contributed by atoms with E-state index in [2.05, 4.69) is 26.9 Å². The number of piperazine rings is 1. The monoisotopic (exact) mass is 342 g/mol. The molecule has 2 aliphatic rings. The highest BCUT2D eigenvalue weighted by Gasteiger charge is 2.31. The van der Waals surface area contributed by atoms with Gasteiger partial charge in [0.15, 0.2) is 5.82 Å². The summed E-state index contributed by atoms with van der Waals surface area (Å²) in [6.07, 6.45) is 2.41. The summed E-state index contributed by atoms with van der Waals surface area (Å²) >= 11 is 0. The van der Waals surface area contributed by atoms with Gasteiger partial charge in [0.2, 0.25) is 5.89 Å². The first-order valence-electron chi connectivity index (χ1n) is 9.27. The van der Waals surface area contributed by atoms with Gasteiger partial charge in [0.05, 0.1) is 6.04 Å². The topological polar surface area (TPSA) is 54.6 Å². The van der Waals surface area contributed by atoms with E-state index in [0.29, 0.717) is 5.92 Å². The van der Waals surface area contributed by atoms with Crippen LogP contribution in [-0.2, 0) is 0 Å². The molecule has 1 aromatic heterocycles. The fourth-order valence-corrected chi connectivity index (χ4v) is 3.26. The third-order valence-electron chi connectivity index (χ3n) is 5.13. The molecule has 1 aliphatic heterocycles. The number of aromatic nitrogens is 2. The summed E-state index contributed by atoms with van der Waals surface area (Å²) in [5.74, 6) is 3.16. The van der Waals surface area contributed by atoms with Gasteiger partial charge in [0.25, 0.3) is 0 Å². The van der Waals surface area contributed by atoms with E-state index >= 15 is 0 Å². The van der Waals surface area contributed by atoms with Crippen molar-refractivity contribution in [3.8, 4) is 5.75 Å². The Labute approximate surface area is 148 Å². The lowest BCUT2D eigenvalue weighted by molar-refractivity contribution is 0.0800. The Bertz CT molecular complexity index is 663. The number of rotatable bonds is 7. The van der Waals surface area contributed by atoms with Crippen molar-refractivity contribution >= 4 is 0 Å². The number of ether oxygens (including phenoxy) is 1. The average Bonchev–Trinajstić information content (AvgIpc) is 3.40. The van der Waals surface area contributed by atoms with Crippen LogP contribution in [0.4, 0.5) is 0 Å². The highest BCUT2D eigenvalue weighted by atomic mass is 16.5. The summed E-state index contributed by atoms with van der Waals surface area (Å²) < 4.78 is 11.3. The molecule has 0 radical (unpaired) electrons. The van der Waals surface area contributed by atoms with E-state index in [1.165, 1.54) is 12.8 Å². The molecular weight excluding hydrogens is 316 g/mol. The normalized spacial score (nSPS) is 20.5. The van der Waals surface area contributed by atoms with Crippen molar-refractivity contribution in [2.45, 2.75) is 31.7 Å². The van der Waals surface area contributed by atoms with Crippen LogP contribution in [0.3, 0.4) is 0 Å². The Hall–Kier alpha value is -1.92. The number of para-hydroxylation sites is 1. The Morgan fingerprint density at radius 1 is 1.16 bits per heavy atom. The number of hydrogen-bond donors (Lipinski definition) is 0. The number of hydrogen-bond acceptors (Lipinski definition) is 6. The summed E-state index contributed by atoms with van der Waals surface area (Å²) in [7, 11) is 0. The van der Waals surface area contributed by atoms with Gasteiger partial charge >= 0.3 is 0 Å². The maximum atomic E-state index is 5.79. The first kappa shape index (κ1) is 16.5. The molecule has 1 saturated heterocycles. The first-order chi connectivity index (χ1) is 12.3. The van der Waals surface area contributed by atoms with Gasteiger partial charge in [-0.15, -0.1) is 0 Å². The fraction of sp³-hybridized carbons (Fsp3) is 0.579. The lowest BCUT2D eigenvalue weighted by Crippen LogP contribution is -2.48. The summed E-state index contributed by atoms with van der Waals surface area (Å²) in [4.78, 5) is 9.48. The zero-order chi connectivity index (χ0) is 17.1. The van der Waals surface area contributed by atoms with Crippen LogP contribution in [0, 0.1) is 0 Å². The van der Waals surface area contributed by atoms with E-state index < -0.39 is 0 Å². The summed E-state index contributed by atoms with van der Waals surface area (Å²) in [6.45, 7) is 8.00. The van der Waals surface area contributed by atoms with Gasteiger partial charge in [0, 0.05) is 38.6 Å². The van der Waals surface area contributed by atoms with Crippen LogP contribution < -0.4 is 4.74 Å². The zero-order valence-electron chi connectivity index (χ0n) is 14.8. The van der Waals surface area contributed by atoms with Gasteiger partial charge in [-0.1, -0.05) is 23.4 Å². The third kappa shape index (κ3) is 4.19. The van der Waals surface area contributed by atoms with Crippen LogP contribution in [0.25, 0.3) is 0 Å². The molecule has 4 rings (SSSR count). The van der Waals surface area contributed by atoms with Crippen LogP contribution in [-0.4, -0.2) is 59.3 Å². The second-order valence-electron chi connectivity index (χ2n) is 6.98. The minimum absolute atomic E-state index is 0.197. The molecular formula is C19H26N4O2. The standard InChI is InChI=1S/C19H26N4O2/c1-15(19-20-18(21-25-19)16-7-8-16)23-11-9-22(10-12-23)13-14-24-17-5-3-2-4-6-17/h2-6,15-16H,7-14H2,1H3/t15-/m1/s1. The van der Waals surface area contributed by atoms with Gasteiger partial charge < -0.3 is 9.26 Å². The van der Waals surface area contributed by atoms with Gasteiger partial charge in [0.1, 0.15) is 12.4 Å². The first-order valence-corrected chi connectivity index (χ1v) is 9.27. The van der Waals surface area contributed by atoms with Crippen molar-refractivity contribution in [2.75, 3.05) is 39.3 Å². The maximum absolute atomic E-state index is 5.79. The van der Waals surface area contributed by atoms with Gasteiger partial charge in [-0.3, -0.25) is 9.80 Å². The average molecular weight is 342 g/mol. The van der Waals surface area contributed by atoms with Crippen molar-refractivity contribution in [1.82, 2.24) is 19.9 Å². The van der Waals surface area contributed by atoms with Crippen LogP contribution >= 0.6 is 0 Å². The molecule has 134 valence electrons. The fourth-order valence-electron chi connectivity index (χ4n) is 3.26. The predicted octanol–water partition coefficient (Wildman–Crippen LogP) is 2.70. The molecule has 0 N–H and O–H groups in total. The van der Waals surface area contributed by atoms with Crippen molar-refractivity contribution in [1.29, 1.82) is 0 Å². The van der Waals surface area contributed by atoms with Crippen molar-refractivity contribution in [3.63, 3.8) is 0 Å². The summed E-state index contributed by atoms with van der Waals surface area (Å²) in [6, 6.07) is 10.2. The van der Waals surface area contributed by atoms with Crippen molar-refractivity contribution < 1.29 is 9.26 Å². The maximum Gasteiger partial charge on any atom is 0.243 e. The van der Waals surface area contributed by atoms with E-state index in [-0.39, 0.29) is 6.04 Å². The summed E-state index contributed by atoms with van der Waals surface area (Å²) in [5.41, 5.74) is 0. The highest BCUT2D eigenvalue weighted by molar-refractivity contribution is 5.20. The predicted molar refractivity (Wildman–Crippen MR) is 94.6 cm³/mol. The molecule has 6 heteroatoms. The second kappa shape index (κ2) is 7.54. The lowest BCUT2D eigenvalue weighted by atomic mass is 10.2. The minimum atomic E-state index is 0.197. The van der Waals surface area contributed by atoms with Gasteiger partial charge in [-0.05, 0) is 31.9 Å². The SMILES string of the molecule is C[C@H](c1nc(C2CC2)no1)N1CCN(CCOc2ccccc2)CC1. The van der Waals surface area contributed by atoms with Gasteiger partial charge in [-0.2, -0.15) is 4.98 Å². The molecule has 6 nitrogen and oxygen atoms in total. The second-order valence-corrected chi connectivity index (χ2v) is 6.98. The van der Waals surface area contributed by atoms with Crippen molar-refractivity contribution in [2.24, 2.45) is 0 Å². The van der Waals surface area contributed by atoms with E-state index in [1.807, 2.05) is 30.3 Å². The van der Waals surface area contributed by atoms with Crippen molar-refractivity contribution in [3.05, 3.63) is 42.0 Å². The molecule has 1 atom stereocenters. The zero-order valence-corrected chi connectivity index (χ0v) is 14.8. The molecule has 2 heterocycles. The molecule has 0 bridgehead atoms. The molecule has 2 fully saturated rings. The largest absolute Gasteiger partial charge is 0.492 e. The van der Waals surface area contributed by atoms with E-state index in [1.54, 1.807) is 0 Å². The van der Waals surface area contributed by atoms with E-state index in [9.17, 15) is 0 Å². The smallest absolute Gasteiger partial charge is 0.243 e.